The standard InChI is InChI=1S/C13H14N2O2/c1-2-3-4-8-12(16)15-11-7-5-6-10(9-11)13(14)17/h2-9H,1H3,(H2,14,17)(H,15,16)/b3-2+,8-4+. The van der Waals surface area contributed by atoms with Gasteiger partial charge in [0.1, 0.15) is 0 Å². The molecule has 88 valence electrons. The Morgan fingerprint density at radius 1 is 1.29 bits per heavy atom. The number of nitrogens with two attached hydrogens (primary N) is 1. The Bertz CT molecular complexity index is 476. The molecule has 0 unspecified atom stereocenters. The van der Waals surface area contributed by atoms with Crippen LogP contribution in [-0.2, 0) is 4.79 Å². The highest BCUT2D eigenvalue weighted by molar-refractivity contribution is 6.00. The van der Waals surface area contributed by atoms with E-state index in [1.807, 2.05) is 13.0 Å². The van der Waals surface area contributed by atoms with Gasteiger partial charge in [-0.15, -0.1) is 0 Å². The summed E-state index contributed by atoms with van der Waals surface area (Å²) in [5.41, 5.74) is 6.04. The molecule has 0 aliphatic heterocycles. The number of anilines is 1. The van der Waals surface area contributed by atoms with Crippen LogP contribution in [0.2, 0.25) is 0 Å². The molecule has 3 N–H and O–H groups in total. The van der Waals surface area contributed by atoms with Crippen LogP contribution in [0.3, 0.4) is 0 Å². The second-order valence-corrected chi connectivity index (χ2v) is 3.32. The highest BCUT2D eigenvalue weighted by atomic mass is 16.1. The summed E-state index contributed by atoms with van der Waals surface area (Å²) < 4.78 is 0. The molecule has 0 spiro atoms. The number of carbonyl (C=O) groups excluding carboxylic acids is 2. The maximum Gasteiger partial charge on any atom is 0.248 e. The number of primary amides is 1. The van der Waals surface area contributed by atoms with Crippen LogP contribution in [0.5, 0.6) is 0 Å². The number of carbonyl (C=O) groups is 2. The van der Waals surface area contributed by atoms with E-state index in [1.165, 1.54) is 12.1 Å². The van der Waals surface area contributed by atoms with E-state index in [4.69, 9.17) is 5.73 Å². The van der Waals surface area contributed by atoms with Crippen LogP contribution < -0.4 is 11.1 Å². The Labute approximate surface area is 99.8 Å². The molecule has 0 bridgehead atoms. The van der Waals surface area contributed by atoms with Crippen molar-refractivity contribution in [1.29, 1.82) is 0 Å². The lowest BCUT2D eigenvalue weighted by Crippen LogP contribution is -2.12. The van der Waals surface area contributed by atoms with Crippen LogP contribution >= 0.6 is 0 Å². The fourth-order valence-corrected chi connectivity index (χ4v) is 1.19. The number of benzene rings is 1. The molecule has 1 aromatic rings. The van der Waals surface area contributed by atoms with Crippen molar-refractivity contribution < 1.29 is 9.59 Å². The summed E-state index contributed by atoms with van der Waals surface area (Å²) in [6.07, 6.45) is 6.60. The van der Waals surface area contributed by atoms with Crippen molar-refractivity contribution in [1.82, 2.24) is 0 Å². The van der Waals surface area contributed by atoms with Crippen molar-refractivity contribution >= 4 is 17.5 Å². The van der Waals surface area contributed by atoms with Gasteiger partial charge in [0.2, 0.25) is 11.8 Å². The molecule has 0 saturated heterocycles. The van der Waals surface area contributed by atoms with Crippen LogP contribution in [-0.4, -0.2) is 11.8 Å². The fourth-order valence-electron chi connectivity index (χ4n) is 1.19. The van der Waals surface area contributed by atoms with Crippen molar-refractivity contribution in [2.45, 2.75) is 6.92 Å². The Morgan fingerprint density at radius 3 is 2.71 bits per heavy atom. The van der Waals surface area contributed by atoms with Gasteiger partial charge in [0.05, 0.1) is 0 Å². The molecule has 0 heterocycles. The molecule has 1 rings (SSSR count). The number of hydrogen-bond acceptors (Lipinski definition) is 2. The van der Waals surface area contributed by atoms with E-state index >= 15 is 0 Å². The number of allylic oxidation sites excluding steroid dienone is 3. The lowest BCUT2D eigenvalue weighted by atomic mass is 10.2. The molecule has 0 aliphatic rings. The molecular formula is C13H14N2O2. The molecule has 4 heteroatoms. The predicted molar refractivity (Wildman–Crippen MR) is 67.5 cm³/mol. The van der Waals surface area contributed by atoms with E-state index in [0.29, 0.717) is 11.3 Å². The van der Waals surface area contributed by atoms with Crippen molar-refractivity contribution in [2.24, 2.45) is 5.73 Å². The molecule has 0 fully saturated rings. The molecule has 0 saturated carbocycles. The molecule has 2 amide bonds. The quantitative estimate of drug-likeness (QED) is 0.612. The Balaban J connectivity index is 2.71. The maximum absolute atomic E-state index is 11.4. The topological polar surface area (TPSA) is 72.2 Å². The van der Waals surface area contributed by atoms with Crippen LogP contribution in [0.15, 0.2) is 48.6 Å². The summed E-state index contributed by atoms with van der Waals surface area (Å²) in [6.45, 7) is 1.86. The third-order valence-electron chi connectivity index (χ3n) is 1.97. The minimum Gasteiger partial charge on any atom is -0.366 e. The van der Waals surface area contributed by atoms with Crippen molar-refractivity contribution in [2.75, 3.05) is 5.32 Å². The van der Waals surface area contributed by atoms with Gasteiger partial charge in [-0.2, -0.15) is 0 Å². The molecule has 4 nitrogen and oxygen atoms in total. The van der Waals surface area contributed by atoms with Crippen LogP contribution in [0.4, 0.5) is 5.69 Å². The number of hydrogen-bond donors (Lipinski definition) is 2. The molecule has 0 aliphatic carbocycles. The van der Waals surface area contributed by atoms with Gasteiger partial charge < -0.3 is 11.1 Å². The first-order chi connectivity index (χ1) is 8.13. The Kier molecular flexibility index (Phi) is 4.69. The molecule has 1 aromatic carbocycles. The van der Waals surface area contributed by atoms with Crippen molar-refractivity contribution in [3.05, 3.63) is 54.1 Å². The molecule has 17 heavy (non-hydrogen) atoms. The summed E-state index contributed by atoms with van der Waals surface area (Å²) >= 11 is 0. The van der Waals surface area contributed by atoms with Gasteiger partial charge >= 0.3 is 0 Å². The third-order valence-corrected chi connectivity index (χ3v) is 1.97. The van der Waals surface area contributed by atoms with Gasteiger partial charge in [-0.05, 0) is 25.1 Å². The van der Waals surface area contributed by atoms with E-state index < -0.39 is 5.91 Å². The predicted octanol–water partition coefficient (Wildman–Crippen LogP) is 1.86. The van der Waals surface area contributed by atoms with E-state index in [0.717, 1.165) is 0 Å². The second-order valence-electron chi connectivity index (χ2n) is 3.32. The van der Waals surface area contributed by atoms with E-state index in [2.05, 4.69) is 5.32 Å². The average molecular weight is 230 g/mol. The van der Waals surface area contributed by atoms with Crippen LogP contribution in [0.1, 0.15) is 17.3 Å². The largest absolute Gasteiger partial charge is 0.366 e. The van der Waals surface area contributed by atoms with E-state index in [9.17, 15) is 9.59 Å². The fraction of sp³-hybridized carbons (Fsp3) is 0.0769. The second kappa shape index (κ2) is 6.27. The van der Waals surface area contributed by atoms with E-state index in [-0.39, 0.29) is 5.91 Å². The molecule has 0 aromatic heterocycles. The normalized spacial score (nSPS) is 10.9. The van der Waals surface area contributed by atoms with Gasteiger partial charge in [0, 0.05) is 17.3 Å². The van der Waals surface area contributed by atoms with Gasteiger partial charge in [0.15, 0.2) is 0 Å². The Hall–Kier alpha value is -2.36. The summed E-state index contributed by atoms with van der Waals surface area (Å²) in [5.74, 6) is -0.782. The minimum atomic E-state index is -0.523. The number of amides is 2. The molecular weight excluding hydrogens is 216 g/mol. The zero-order valence-electron chi connectivity index (χ0n) is 9.51. The van der Waals surface area contributed by atoms with Crippen LogP contribution in [0.25, 0.3) is 0 Å². The Morgan fingerprint density at radius 2 is 2.06 bits per heavy atom. The first-order valence-electron chi connectivity index (χ1n) is 5.13. The summed E-state index contributed by atoms with van der Waals surface area (Å²) in [4.78, 5) is 22.4. The lowest BCUT2D eigenvalue weighted by Gasteiger charge is -2.03. The number of nitrogens with one attached hydrogen (secondary N) is 1. The lowest BCUT2D eigenvalue weighted by molar-refractivity contribution is -0.111. The molecule has 0 radical (unpaired) electrons. The first kappa shape index (κ1) is 12.7. The minimum absolute atomic E-state index is 0.260. The number of rotatable bonds is 4. The van der Waals surface area contributed by atoms with Gasteiger partial charge in [-0.25, -0.2) is 0 Å². The highest BCUT2D eigenvalue weighted by Gasteiger charge is 2.02. The van der Waals surface area contributed by atoms with Gasteiger partial charge in [-0.3, -0.25) is 9.59 Å². The van der Waals surface area contributed by atoms with Crippen molar-refractivity contribution in [3.63, 3.8) is 0 Å². The maximum atomic E-state index is 11.4. The highest BCUT2D eigenvalue weighted by Crippen LogP contribution is 2.10. The SMILES string of the molecule is C/C=C/C=C/C(=O)Nc1cccc(C(N)=O)c1. The van der Waals surface area contributed by atoms with Gasteiger partial charge in [-0.1, -0.05) is 24.3 Å². The van der Waals surface area contributed by atoms with Crippen molar-refractivity contribution in [3.8, 4) is 0 Å². The smallest absolute Gasteiger partial charge is 0.248 e. The summed E-state index contributed by atoms with van der Waals surface area (Å²) in [7, 11) is 0. The average Bonchev–Trinajstić information content (AvgIpc) is 2.29. The zero-order chi connectivity index (χ0) is 12.7. The summed E-state index contributed by atoms with van der Waals surface area (Å²) in [5, 5.41) is 2.63. The first-order valence-corrected chi connectivity index (χ1v) is 5.13. The summed E-state index contributed by atoms with van der Waals surface area (Å²) in [6, 6.07) is 6.47. The molecule has 0 atom stereocenters. The van der Waals surface area contributed by atoms with Gasteiger partial charge in [0.25, 0.3) is 0 Å². The van der Waals surface area contributed by atoms with Crippen LogP contribution in [0, 0.1) is 0 Å². The van der Waals surface area contributed by atoms with E-state index in [1.54, 1.807) is 30.4 Å². The third kappa shape index (κ3) is 4.34. The zero-order valence-corrected chi connectivity index (χ0v) is 9.51. The monoisotopic (exact) mass is 230 g/mol.